The molecule has 7 nitrogen and oxygen atoms in total. The third kappa shape index (κ3) is 5.63. The van der Waals surface area contributed by atoms with Crippen LogP contribution in [-0.4, -0.2) is 34.6 Å². The molecule has 2 N–H and O–H groups in total. The van der Waals surface area contributed by atoms with E-state index in [0.29, 0.717) is 0 Å². The highest BCUT2D eigenvalue weighted by molar-refractivity contribution is 5.96. The molecule has 2 rings (SSSR count). The second-order valence-corrected chi connectivity index (χ2v) is 5.63. The Kier molecular flexibility index (Phi) is 6.49. The molecule has 0 unspecified atom stereocenters. The SMILES string of the molecule is CCC(=O)N(Cc1cnc(OCC(F)(F)F)c(F)c1)c1cc(C(N)=O)ccn1. The summed E-state index contributed by atoms with van der Waals surface area (Å²) in [5, 5.41) is 0. The van der Waals surface area contributed by atoms with E-state index in [1.54, 1.807) is 6.92 Å². The smallest absolute Gasteiger partial charge is 0.422 e. The van der Waals surface area contributed by atoms with Crippen LogP contribution in [0.3, 0.4) is 0 Å². The van der Waals surface area contributed by atoms with Gasteiger partial charge in [0.1, 0.15) is 5.82 Å². The molecule has 11 heteroatoms. The number of aromatic nitrogens is 2. The molecule has 0 saturated heterocycles. The lowest BCUT2D eigenvalue weighted by Gasteiger charge is -2.22. The number of alkyl halides is 3. The molecule has 0 spiro atoms. The van der Waals surface area contributed by atoms with Crippen molar-refractivity contribution in [3.8, 4) is 5.88 Å². The monoisotopic (exact) mass is 400 g/mol. The number of nitrogens with two attached hydrogens (primary N) is 1. The molecule has 2 aromatic heterocycles. The van der Waals surface area contributed by atoms with Crippen LogP contribution < -0.4 is 15.4 Å². The number of nitrogens with zero attached hydrogens (tertiary/aromatic N) is 3. The lowest BCUT2D eigenvalue weighted by atomic mass is 10.2. The second kappa shape index (κ2) is 8.63. The second-order valence-electron chi connectivity index (χ2n) is 5.63. The zero-order chi connectivity index (χ0) is 20.9. The van der Waals surface area contributed by atoms with E-state index in [1.165, 1.54) is 23.2 Å². The first-order valence-corrected chi connectivity index (χ1v) is 8.01. The summed E-state index contributed by atoms with van der Waals surface area (Å²) in [5.41, 5.74) is 5.53. The topological polar surface area (TPSA) is 98.4 Å². The van der Waals surface area contributed by atoms with Gasteiger partial charge in [-0.05, 0) is 23.8 Å². The molecule has 0 aliphatic heterocycles. The molecule has 0 radical (unpaired) electrons. The third-order valence-corrected chi connectivity index (χ3v) is 3.49. The van der Waals surface area contributed by atoms with Crippen LogP contribution in [0.5, 0.6) is 5.88 Å². The average molecular weight is 400 g/mol. The van der Waals surface area contributed by atoms with Crippen molar-refractivity contribution in [3.05, 3.63) is 47.5 Å². The van der Waals surface area contributed by atoms with Crippen molar-refractivity contribution >= 4 is 17.6 Å². The van der Waals surface area contributed by atoms with Gasteiger partial charge in [-0.25, -0.2) is 14.4 Å². The fraction of sp³-hybridized carbons (Fsp3) is 0.294. The summed E-state index contributed by atoms with van der Waals surface area (Å²) in [5.74, 6) is -2.90. The average Bonchev–Trinajstić information content (AvgIpc) is 2.64. The Morgan fingerprint density at radius 1 is 1.25 bits per heavy atom. The van der Waals surface area contributed by atoms with Gasteiger partial charge >= 0.3 is 6.18 Å². The minimum Gasteiger partial charge on any atom is -0.466 e. The van der Waals surface area contributed by atoms with Gasteiger partial charge < -0.3 is 10.5 Å². The molecular weight excluding hydrogens is 384 g/mol. The van der Waals surface area contributed by atoms with Crippen LogP contribution in [0.15, 0.2) is 30.6 Å². The van der Waals surface area contributed by atoms with Gasteiger partial charge in [-0.2, -0.15) is 13.2 Å². The van der Waals surface area contributed by atoms with E-state index in [9.17, 15) is 27.2 Å². The van der Waals surface area contributed by atoms with E-state index < -0.39 is 30.4 Å². The highest BCUT2D eigenvalue weighted by Crippen LogP contribution is 2.22. The van der Waals surface area contributed by atoms with E-state index in [-0.39, 0.29) is 35.8 Å². The highest BCUT2D eigenvalue weighted by Gasteiger charge is 2.29. The number of hydrogen-bond donors (Lipinski definition) is 1. The number of anilines is 1. The molecule has 0 bridgehead atoms. The van der Waals surface area contributed by atoms with E-state index in [4.69, 9.17) is 5.73 Å². The van der Waals surface area contributed by atoms with Gasteiger partial charge in [-0.3, -0.25) is 14.5 Å². The Morgan fingerprint density at radius 3 is 2.54 bits per heavy atom. The third-order valence-electron chi connectivity index (χ3n) is 3.49. The summed E-state index contributed by atoms with van der Waals surface area (Å²) in [6.07, 6.45) is -2.17. The predicted octanol–water partition coefficient (Wildman–Crippen LogP) is 2.60. The van der Waals surface area contributed by atoms with Gasteiger partial charge in [0.2, 0.25) is 11.8 Å². The van der Waals surface area contributed by atoms with Crippen molar-refractivity contribution in [3.63, 3.8) is 0 Å². The normalized spacial score (nSPS) is 11.2. The van der Waals surface area contributed by atoms with Gasteiger partial charge in [-0.15, -0.1) is 0 Å². The van der Waals surface area contributed by atoms with Crippen molar-refractivity contribution in [2.75, 3.05) is 11.5 Å². The van der Waals surface area contributed by atoms with Gasteiger partial charge in [0.15, 0.2) is 12.4 Å². The number of ether oxygens (including phenoxy) is 1. The van der Waals surface area contributed by atoms with Gasteiger partial charge in [0, 0.05) is 24.4 Å². The molecule has 2 aromatic rings. The molecule has 0 saturated carbocycles. The van der Waals surface area contributed by atoms with Crippen LogP contribution in [0.2, 0.25) is 0 Å². The summed E-state index contributed by atoms with van der Waals surface area (Å²) >= 11 is 0. The van der Waals surface area contributed by atoms with Crippen molar-refractivity contribution in [2.45, 2.75) is 26.1 Å². The molecule has 0 aliphatic carbocycles. The molecular formula is C17H16F4N4O3. The first-order valence-electron chi connectivity index (χ1n) is 8.01. The largest absolute Gasteiger partial charge is 0.466 e. The maximum absolute atomic E-state index is 14.0. The van der Waals surface area contributed by atoms with Crippen LogP contribution >= 0.6 is 0 Å². The van der Waals surface area contributed by atoms with E-state index in [1.807, 2.05) is 0 Å². The molecule has 0 aromatic carbocycles. The first kappa shape index (κ1) is 21.1. The number of primary amides is 1. The number of pyridine rings is 2. The standard InChI is InChI=1S/C17H16F4N4O3/c1-2-14(26)25(13-6-11(15(22)27)3-4-23-13)8-10-5-12(18)16(24-7-10)28-9-17(19,20)21/h3-7H,2,8-9H2,1H3,(H2,22,27). The van der Waals surface area contributed by atoms with Crippen LogP contribution in [0.1, 0.15) is 29.3 Å². The fourth-order valence-corrected chi connectivity index (χ4v) is 2.20. The molecule has 2 heterocycles. The number of halogens is 4. The highest BCUT2D eigenvalue weighted by atomic mass is 19.4. The van der Waals surface area contributed by atoms with E-state index in [2.05, 4.69) is 14.7 Å². The molecule has 28 heavy (non-hydrogen) atoms. The molecule has 2 amide bonds. The lowest BCUT2D eigenvalue weighted by Crippen LogP contribution is -2.31. The Morgan fingerprint density at radius 2 is 1.96 bits per heavy atom. The van der Waals surface area contributed by atoms with Crippen molar-refractivity contribution < 1.29 is 31.9 Å². The minimum atomic E-state index is -4.63. The maximum Gasteiger partial charge on any atom is 0.422 e. The molecule has 0 fully saturated rings. The first-order chi connectivity index (χ1) is 13.1. The van der Waals surface area contributed by atoms with Crippen LogP contribution in [0, 0.1) is 5.82 Å². The van der Waals surface area contributed by atoms with Gasteiger partial charge in [-0.1, -0.05) is 6.92 Å². The van der Waals surface area contributed by atoms with Crippen molar-refractivity contribution in [1.82, 2.24) is 9.97 Å². The summed E-state index contributed by atoms with van der Waals surface area (Å²) in [4.78, 5) is 32.3. The zero-order valence-electron chi connectivity index (χ0n) is 14.7. The Hall–Kier alpha value is -3.24. The van der Waals surface area contributed by atoms with Crippen LogP contribution in [-0.2, 0) is 11.3 Å². The Balaban J connectivity index is 2.26. The fourth-order valence-electron chi connectivity index (χ4n) is 2.20. The summed E-state index contributed by atoms with van der Waals surface area (Å²) < 4.78 is 54.8. The maximum atomic E-state index is 14.0. The van der Waals surface area contributed by atoms with E-state index >= 15 is 0 Å². The predicted molar refractivity (Wildman–Crippen MR) is 90.0 cm³/mol. The van der Waals surface area contributed by atoms with Crippen molar-refractivity contribution in [2.24, 2.45) is 5.73 Å². The number of amides is 2. The summed E-state index contributed by atoms with van der Waals surface area (Å²) in [6.45, 7) is -0.258. The van der Waals surface area contributed by atoms with E-state index in [0.717, 1.165) is 12.3 Å². The van der Waals surface area contributed by atoms with Gasteiger partial charge in [0.25, 0.3) is 5.88 Å². The lowest BCUT2D eigenvalue weighted by molar-refractivity contribution is -0.154. The van der Waals surface area contributed by atoms with Gasteiger partial charge in [0.05, 0.1) is 6.54 Å². The molecule has 150 valence electrons. The summed E-state index contributed by atoms with van der Waals surface area (Å²) in [7, 11) is 0. The molecule has 0 atom stereocenters. The van der Waals surface area contributed by atoms with Crippen LogP contribution in [0.4, 0.5) is 23.4 Å². The Bertz CT molecular complexity index is 874. The minimum absolute atomic E-state index is 0.0885. The van der Waals surface area contributed by atoms with Crippen molar-refractivity contribution in [1.29, 1.82) is 0 Å². The van der Waals surface area contributed by atoms with Crippen LogP contribution in [0.25, 0.3) is 0 Å². The number of carbonyl (C=O) groups excluding carboxylic acids is 2. The number of carbonyl (C=O) groups is 2. The summed E-state index contributed by atoms with van der Waals surface area (Å²) in [6, 6.07) is 3.58. The number of hydrogen-bond acceptors (Lipinski definition) is 5. The molecule has 0 aliphatic rings. The Labute approximate surface area is 157 Å². The zero-order valence-corrected chi connectivity index (χ0v) is 14.7. The number of rotatable bonds is 7. The quantitative estimate of drug-likeness (QED) is 0.721.